The number of nitrogens with zero attached hydrogens (tertiary/aromatic N) is 1. The van der Waals surface area contributed by atoms with Gasteiger partial charge in [-0.3, -0.25) is 4.98 Å². The second-order valence-corrected chi connectivity index (χ2v) is 9.95. The van der Waals surface area contributed by atoms with Crippen LogP contribution in [-0.4, -0.2) is 36.4 Å². The van der Waals surface area contributed by atoms with Crippen LogP contribution < -0.4 is 4.90 Å². The molecule has 0 spiro atoms. The van der Waals surface area contributed by atoms with Crippen molar-refractivity contribution in [1.82, 2.24) is 4.98 Å². The first kappa shape index (κ1) is 20.8. The highest BCUT2D eigenvalue weighted by molar-refractivity contribution is 5.51. The topological polar surface area (TPSA) is 46.8 Å². The molecule has 0 bridgehead atoms. The number of rotatable bonds is 3. The molecule has 1 aliphatic heterocycles. The van der Waals surface area contributed by atoms with E-state index in [0.717, 1.165) is 37.4 Å². The minimum atomic E-state index is -0.136. The van der Waals surface area contributed by atoms with Crippen molar-refractivity contribution in [3.63, 3.8) is 0 Å². The fourth-order valence-electron chi connectivity index (χ4n) is 4.11. The van der Waals surface area contributed by atoms with Crippen LogP contribution in [0, 0.1) is 0 Å². The van der Waals surface area contributed by atoms with E-state index in [1.807, 2.05) is 12.4 Å². The first-order valence-electron chi connectivity index (χ1n) is 10.3. The summed E-state index contributed by atoms with van der Waals surface area (Å²) in [7, 11) is 0. The van der Waals surface area contributed by atoms with E-state index in [1.54, 1.807) is 0 Å². The van der Waals surface area contributed by atoms with Crippen molar-refractivity contribution >= 4 is 0 Å². The van der Waals surface area contributed by atoms with Gasteiger partial charge < -0.3 is 14.7 Å². The van der Waals surface area contributed by atoms with E-state index in [1.165, 1.54) is 16.0 Å². The van der Waals surface area contributed by atoms with Crippen LogP contribution in [0.3, 0.4) is 0 Å². The highest BCUT2D eigenvalue weighted by atomic mass is 16.5. The van der Waals surface area contributed by atoms with Gasteiger partial charge in [-0.2, -0.15) is 0 Å². The molecule has 1 fully saturated rings. The smallest absolute Gasteiger partial charge is 0.139 e. The highest BCUT2D eigenvalue weighted by Gasteiger charge is 2.33. The summed E-state index contributed by atoms with van der Waals surface area (Å²) in [5, 5.41) is 11.1. The number of pyridine rings is 1. The van der Waals surface area contributed by atoms with Gasteiger partial charge in [0, 0.05) is 34.6 Å². The predicted octanol–water partition coefficient (Wildman–Crippen LogP) is 3.39. The Balaban J connectivity index is 2.21. The summed E-state index contributed by atoms with van der Waals surface area (Å²) in [5.41, 5.74) is 4.28. The molecular formula is C24H35N2O2+. The van der Waals surface area contributed by atoms with Gasteiger partial charge in [-0.25, -0.2) is 0 Å². The third-order valence-electron chi connectivity index (χ3n) is 5.66. The lowest BCUT2D eigenvalue weighted by Crippen LogP contribution is -3.14. The Bertz CT molecular complexity index is 763. The van der Waals surface area contributed by atoms with E-state index in [-0.39, 0.29) is 16.9 Å². The summed E-state index contributed by atoms with van der Waals surface area (Å²) in [6.07, 6.45) is 3.75. The molecule has 1 atom stereocenters. The fraction of sp³-hybridized carbons (Fsp3) is 0.542. The third kappa shape index (κ3) is 4.39. The lowest BCUT2D eigenvalue weighted by molar-refractivity contribution is -0.933. The predicted molar refractivity (Wildman–Crippen MR) is 113 cm³/mol. The van der Waals surface area contributed by atoms with Crippen LogP contribution in [0.5, 0.6) is 5.75 Å². The van der Waals surface area contributed by atoms with E-state index in [2.05, 4.69) is 70.8 Å². The number of benzene rings is 1. The van der Waals surface area contributed by atoms with Gasteiger partial charge in [0.2, 0.25) is 0 Å². The summed E-state index contributed by atoms with van der Waals surface area (Å²) >= 11 is 0. The van der Waals surface area contributed by atoms with Crippen LogP contribution >= 0.6 is 0 Å². The molecule has 1 aliphatic rings. The molecule has 0 amide bonds. The average molecular weight is 384 g/mol. The number of phenolic OH excluding ortho intramolecular Hbond substituents is 1. The molecule has 0 radical (unpaired) electrons. The molecule has 28 heavy (non-hydrogen) atoms. The SMILES string of the molecule is CC(C)(C)c1cc([C@H](c2ccncc2)[NH+]2CCOCC2)cc(C(C)(C)C)c1O. The normalized spacial score (nSPS) is 17.5. The lowest BCUT2D eigenvalue weighted by atomic mass is 9.77. The van der Waals surface area contributed by atoms with Gasteiger partial charge in [0.1, 0.15) is 24.9 Å². The van der Waals surface area contributed by atoms with Gasteiger partial charge >= 0.3 is 0 Å². The second-order valence-electron chi connectivity index (χ2n) is 9.95. The van der Waals surface area contributed by atoms with Crippen molar-refractivity contribution in [3.8, 4) is 5.75 Å². The van der Waals surface area contributed by atoms with Crippen LogP contribution in [0.4, 0.5) is 0 Å². The first-order chi connectivity index (χ1) is 13.1. The largest absolute Gasteiger partial charge is 0.507 e. The Morgan fingerprint density at radius 2 is 1.39 bits per heavy atom. The van der Waals surface area contributed by atoms with Gasteiger partial charge in [-0.1, -0.05) is 41.5 Å². The van der Waals surface area contributed by atoms with Crippen molar-refractivity contribution in [2.24, 2.45) is 0 Å². The van der Waals surface area contributed by atoms with Crippen LogP contribution in [0.15, 0.2) is 36.7 Å². The van der Waals surface area contributed by atoms with Gasteiger partial charge in [0.15, 0.2) is 0 Å². The molecule has 0 aliphatic carbocycles. The van der Waals surface area contributed by atoms with Crippen LogP contribution in [-0.2, 0) is 15.6 Å². The minimum Gasteiger partial charge on any atom is -0.507 e. The number of ether oxygens (including phenoxy) is 1. The molecule has 152 valence electrons. The van der Waals surface area contributed by atoms with Gasteiger partial charge in [-0.15, -0.1) is 0 Å². The molecule has 1 aromatic carbocycles. The van der Waals surface area contributed by atoms with Gasteiger partial charge in [0.05, 0.1) is 13.2 Å². The Hall–Kier alpha value is -1.91. The zero-order valence-corrected chi connectivity index (χ0v) is 18.2. The van der Waals surface area contributed by atoms with Gasteiger partial charge in [0.25, 0.3) is 0 Å². The number of aromatic hydroxyl groups is 1. The van der Waals surface area contributed by atoms with Crippen molar-refractivity contribution < 1.29 is 14.7 Å². The molecule has 2 heterocycles. The quantitative estimate of drug-likeness (QED) is 0.854. The third-order valence-corrected chi connectivity index (χ3v) is 5.66. The number of nitrogens with one attached hydrogen (secondary N) is 1. The number of phenols is 1. The van der Waals surface area contributed by atoms with E-state index >= 15 is 0 Å². The van der Waals surface area contributed by atoms with Crippen molar-refractivity contribution in [1.29, 1.82) is 0 Å². The molecule has 2 aromatic rings. The summed E-state index contributed by atoms with van der Waals surface area (Å²) in [6.45, 7) is 16.5. The molecule has 3 rings (SSSR count). The standard InChI is InChI=1S/C24H34N2O2/c1-23(2,3)19-15-18(16-20(22(19)27)24(4,5)6)21(17-7-9-25-10-8-17)26-11-13-28-14-12-26/h7-10,15-16,21,27H,11-14H2,1-6H3/p+1/t21-/m0/s1. The van der Waals surface area contributed by atoms with Crippen LogP contribution in [0.25, 0.3) is 0 Å². The lowest BCUT2D eigenvalue weighted by Gasteiger charge is -2.34. The van der Waals surface area contributed by atoms with Crippen LogP contribution in [0.2, 0.25) is 0 Å². The zero-order chi connectivity index (χ0) is 20.5. The summed E-state index contributed by atoms with van der Waals surface area (Å²) < 4.78 is 5.62. The summed E-state index contributed by atoms with van der Waals surface area (Å²) in [5.74, 6) is 0.439. The van der Waals surface area contributed by atoms with E-state index in [4.69, 9.17) is 4.74 Å². The maximum Gasteiger partial charge on any atom is 0.139 e. The molecule has 2 N–H and O–H groups in total. The van der Waals surface area contributed by atoms with Crippen molar-refractivity contribution in [2.75, 3.05) is 26.3 Å². The molecule has 1 saturated heterocycles. The Morgan fingerprint density at radius 1 is 0.893 bits per heavy atom. The number of aromatic nitrogens is 1. The minimum absolute atomic E-state index is 0.136. The highest BCUT2D eigenvalue weighted by Crippen LogP contribution is 2.41. The average Bonchev–Trinajstić information content (AvgIpc) is 2.63. The number of morpholine rings is 1. The van der Waals surface area contributed by atoms with E-state index in [9.17, 15) is 5.11 Å². The Morgan fingerprint density at radius 3 is 1.86 bits per heavy atom. The van der Waals surface area contributed by atoms with E-state index < -0.39 is 0 Å². The molecule has 1 aromatic heterocycles. The molecule has 0 saturated carbocycles. The number of hydrogen-bond donors (Lipinski definition) is 2. The fourth-order valence-corrected chi connectivity index (χ4v) is 4.11. The number of quaternary nitrogens is 1. The maximum atomic E-state index is 11.1. The number of hydrogen-bond acceptors (Lipinski definition) is 3. The Kier molecular flexibility index (Phi) is 5.83. The van der Waals surface area contributed by atoms with Crippen molar-refractivity contribution in [2.45, 2.75) is 58.4 Å². The van der Waals surface area contributed by atoms with E-state index in [0.29, 0.717) is 5.75 Å². The summed E-state index contributed by atoms with van der Waals surface area (Å²) in [4.78, 5) is 5.72. The maximum absolute atomic E-state index is 11.1. The first-order valence-corrected chi connectivity index (χ1v) is 10.3. The zero-order valence-electron chi connectivity index (χ0n) is 18.2. The molecular weight excluding hydrogens is 348 g/mol. The monoisotopic (exact) mass is 383 g/mol. The van der Waals surface area contributed by atoms with Crippen molar-refractivity contribution in [3.05, 3.63) is 58.9 Å². The van der Waals surface area contributed by atoms with Crippen LogP contribution in [0.1, 0.15) is 69.8 Å². The summed E-state index contributed by atoms with van der Waals surface area (Å²) in [6, 6.07) is 8.88. The Labute approximate surface area is 169 Å². The molecule has 4 heteroatoms. The molecule has 0 unspecified atom stereocenters. The van der Waals surface area contributed by atoms with Gasteiger partial charge in [-0.05, 0) is 35.1 Å². The second kappa shape index (κ2) is 7.84. The molecule has 4 nitrogen and oxygen atoms in total.